The van der Waals surface area contributed by atoms with Crippen LogP contribution >= 0.6 is 22.9 Å². The van der Waals surface area contributed by atoms with Crippen molar-refractivity contribution in [1.82, 2.24) is 14.3 Å². The number of methoxy groups -OCH3 is 1. The first kappa shape index (κ1) is 24.1. The van der Waals surface area contributed by atoms with Crippen LogP contribution in [0, 0.1) is 0 Å². The highest BCUT2D eigenvalue weighted by Gasteiger charge is 2.25. The second-order valence-corrected chi connectivity index (χ2v) is 9.73. The molecule has 4 heterocycles. The monoisotopic (exact) mass is 526 g/mol. The van der Waals surface area contributed by atoms with Gasteiger partial charge in [0.05, 0.1) is 28.6 Å². The molecular formula is C25H23ClN4O5S. The number of carbonyl (C=O) groups is 1. The molecule has 0 atom stereocenters. The normalized spacial score (nSPS) is 12.5. The Balaban J connectivity index is 1.55. The van der Waals surface area contributed by atoms with Crippen LogP contribution in [0.5, 0.6) is 11.5 Å². The summed E-state index contributed by atoms with van der Waals surface area (Å²) in [5.41, 5.74) is 0.831. The zero-order valence-electron chi connectivity index (χ0n) is 19.4. The number of rotatable bonds is 8. The van der Waals surface area contributed by atoms with E-state index in [1.165, 1.54) is 16.0 Å². The van der Waals surface area contributed by atoms with Crippen LogP contribution in [0.2, 0.25) is 4.34 Å². The van der Waals surface area contributed by atoms with Crippen molar-refractivity contribution < 1.29 is 19.0 Å². The quantitative estimate of drug-likeness (QED) is 0.368. The van der Waals surface area contributed by atoms with Crippen LogP contribution in [-0.4, -0.2) is 47.2 Å². The van der Waals surface area contributed by atoms with Gasteiger partial charge in [0.25, 0.3) is 11.5 Å². The van der Waals surface area contributed by atoms with Gasteiger partial charge in [0.15, 0.2) is 11.5 Å². The molecule has 1 aromatic carbocycles. The Morgan fingerprint density at radius 1 is 1.19 bits per heavy atom. The molecule has 0 aliphatic carbocycles. The molecule has 0 unspecified atom stereocenters. The van der Waals surface area contributed by atoms with Crippen molar-refractivity contribution in [3.05, 3.63) is 79.9 Å². The molecule has 9 nitrogen and oxygen atoms in total. The standard InChI is InChI=1S/C25H23ClN4O5S/c1-33-11-10-29-9-3-5-17(24(29)31)19-14-22(27-15-16-7-8-21(26)36-16)30(28-19)25(32)18-4-2-6-20-23(18)35-13-12-34-20/h2-9,14,27H,10-13,15H2,1H3. The average Bonchev–Trinajstić information content (AvgIpc) is 3.52. The summed E-state index contributed by atoms with van der Waals surface area (Å²) in [7, 11) is 1.58. The van der Waals surface area contributed by atoms with Crippen LogP contribution in [0.1, 0.15) is 15.2 Å². The number of aromatic nitrogens is 3. The van der Waals surface area contributed by atoms with Gasteiger partial charge in [-0.15, -0.1) is 11.3 Å². The highest BCUT2D eigenvalue weighted by Crippen LogP contribution is 2.35. The number of fused-ring (bicyclic) bond motifs is 1. The number of hydrogen-bond donors (Lipinski definition) is 1. The van der Waals surface area contributed by atoms with E-state index in [-0.39, 0.29) is 5.56 Å². The van der Waals surface area contributed by atoms with E-state index in [0.717, 1.165) is 4.88 Å². The fourth-order valence-corrected chi connectivity index (χ4v) is 4.90. The van der Waals surface area contributed by atoms with Gasteiger partial charge < -0.3 is 24.1 Å². The molecule has 1 aliphatic rings. The van der Waals surface area contributed by atoms with Gasteiger partial charge in [-0.05, 0) is 36.4 Å². The fraction of sp³-hybridized carbons (Fsp3) is 0.240. The van der Waals surface area contributed by atoms with E-state index in [1.54, 1.807) is 54.3 Å². The summed E-state index contributed by atoms with van der Waals surface area (Å²) in [4.78, 5) is 27.8. The first-order valence-corrected chi connectivity index (χ1v) is 12.4. The Hall–Kier alpha value is -3.60. The summed E-state index contributed by atoms with van der Waals surface area (Å²) in [6.45, 7) is 1.98. The average molecular weight is 527 g/mol. The Bertz CT molecular complexity index is 1460. The predicted molar refractivity (Wildman–Crippen MR) is 138 cm³/mol. The SMILES string of the molecule is COCCn1cccc(-c2cc(NCc3ccc(Cl)s3)n(C(=O)c3cccc4c3OCCO4)n2)c1=O. The lowest BCUT2D eigenvalue weighted by atomic mass is 10.1. The zero-order valence-corrected chi connectivity index (χ0v) is 21.0. The Kier molecular flexibility index (Phi) is 7.08. The minimum atomic E-state index is -0.411. The molecule has 1 aliphatic heterocycles. The van der Waals surface area contributed by atoms with E-state index in [4.69, 9.17) is 25.8 Å². The molecule has 4 aromatic rings. The molecule has 0 amide bonds. The van der Waals surface area contributed by atoms with Crippen molar-refractivity contribution in [2.24, 2.45) is 0 Å². The van der Waals surface area contributed by atoms with Crippen LogP contribution in [-0.2, 0) is 17.8 Å². The summed E-state index contributed by atoms with van der Waals surface area (Å²) in [5, 5.41) is 7.81. The number of halogens is 1. The third-order valence-electron chi connectivity index (χ3n) is 5.60. The number of nitrogens with one attached hydrogen (secondary N) is 1. The number of hydrogen-bond acceptors (Lipinski definition) is 8. The summed E-state index contributed by atoms with van der Waals surface area (Å²) in [6.07, 6.45) is 1.69. The molecule has 3 aromatic heterocycles. The third-order valence-corrected chi connectivity index (χ3v) is 6.83. The van der Waals surface area contributed by atoms with Gasteiger partial charge in [0, 0.05) is 30.8 Å². The lowest BCUT2D eigenvalue weighted by molar-refractivity contribution is 0.0936. The zero-order chi connectivity index (χ0) is 25.1. The number of nitrogens with zero attached hydrogens (tertiary/aromatic N) is 3. The van der Waals surface area contributed by atoms with Crippen LogP contribution in [0.3, 0.4) is 0 Å². The van der Waals surface area contributed by atoms with Gasteiger partial charge in [-0.25, -0.2) is 0 Å². The van der Waals surface area contributed by atoms with Crippen LogP contribution in [0.25, 0.3) is 11.3 Å². The van der Waals surface area contributed by atoms with Crippen molar-refractivity contribution in [2.45, 2.75) is 13.1 Å². The number of carbonyl (C=O) groups excluding carboxylic acids is 1. The van der Waals surface area contributed by atoms with Gasteiger partial charge in [-0.3, -0.25) is 9.59 Å². The lowest BCUT2D eigenvalue weighted by Gasteiger charge is -2.20. The van der Waals surface area contributed by atoms with Gasteiger partial charge in [-0.1, -0.05) is 17.7 Å². The molecule has 1 N–H and O–H groups in total. The first-order chi connectivity index (χ1) is 17.5. The second-order valence-electron chi connectivity index (χ2n) is 7.93. The van der Waals surface area contributed by atoms with E-state index >= 15 is 0 Å². The summed E-state index contributed by atoms with van der Waals surface area (Å²) >= 11 is 7.51. The molecule has 0 bridgehead atoms. The number of ether oxygens (including phenoxy) is 3. The van der Waals surface area contributed by atoms with Crippen molar-refractivity contribution >= 4 is 34.7 Å². The van der Waals surface area contributed by atoms with E-state index in [2.05, 4.69) is 10.4 Å². The molecule has 186 valence electrons. The highest BCUT2D eigenvalue weighted by atomic mass is 35.5. The topological polar surface area (TPSA) is 96.6 Å². The molecule has 0 spiro atoms. The Morgan fingerprint density at radius 3 is 2.86 bits per heavy atom. The summed E-state index contributed by atoms with van der Waals surface area (Å²) in [6, 6.07) is 14.0. The van der Waals surface area contributed by atoms with Gasteiger partial charge in [0.1, 0.15) is 24.7 Å². The molecule has 36 heavy (non-hydrogen) atoms. The third kappa shape index (κ3) is 4.88. The molecule has 0 saturated carbocycles. The van der Waals surface area contributed by atoms with Crippen LogP contribution in [0.4, 0.5) is 5.82 Å². The maximum absolute atomic E-state index is 13.7. The minimum absolute atomic E-state index is 0.225. The van der Waals surface area contributed by atoms with Gasteiger partial charge >= 0.3 is 0 Å². The molecular weight excluding hydrogens is 504 g/mol. The van der Waals surface area contributed by atoms with Crippen LogP contribution in [0.15, 0.2) is 59.5 Å². The van der Waals surface area contributed by atoms with Gasteiger partial charge in [-0.2, -0.15) is 9.78 Å². The van der Waals surface area contributed by atoms with E-state index in [0.29, 0.717) is 71.4 Å². The Labute approximate surface area is 215 Å². The second kappa shape index (κ2) is 10.6. The Morgan fingerprint density at radius 2 is 2.06 bits per heavy atom. The molecule has 5 rings (SSSR count). The number of para-hydroxylation sites is 1. The maximum Gasteiger partial charge on any atom is 0.283 e. The number of anilines is 1. The van der Waals surface area contributed by atoms with Crippen molar-refractivity contribution in [2.75, 3.05) is 32.2 Å². The molecule has 0 saturated heterocycles. The van der Waals surface area contributed by atoms with Crippen LogP contribution < -0.4 is 20.3 Å². The summed E-state index contributed by atoms with van der Waals surface area (Å²) in [5.74, 6) is 0.904. The molecule has 11 heteroatoms. The molecule has 0 fully saturated rings. The highest BCUT2D eigenvalue weighted by molar-refractivity contribution is 7.16. The van der Waals surface area contributed by atoms with Crippen molar-refractivity contribution in [3.63, 3.8) is 0 Å². The number of pyridine rings is 1. The number of benzene rings is 1. The lowest BCUT2D eigenvalue weighted by Crippen LogP contribution is -2.23. The first-order valence-electron chi connectivity index (χ1n) is 11.3. The smallest absolute Gasteiger partial charge is 0.283 e. The van der Waals surface area contributed by atoms with E-state index in [1.807, 2.05) is 12.1 Å². The van der Waals surface area contributed by atoms with Gasteiger partial charge in [0.2, 0.25) is 0 Å². The maximum atomic E-state index is 13.7. The largest absolute Gasteiger partial charge is 0.486 e. The van der Waals surface area contributed by atoms with Crippen molar-refractivity contribution in [3.8, 4) is 22.8 Å². The minimum Gasteiger partial charge on any atom is -0.486 e. The van der Waals surface area contributed by atoms with E-state index in [9.17, 15) is 9.59 Å². The molecule has 0 radical (unpaired) electrons. The summed E-state index contributed by atoms with van der Waals surface area (Å²) < 4.78 is 20.0. The van der Waals surface area contributed by atoms with Crippen molar-refractivity contribution in [1.29, 1.82) is 0 Å². The fourth-order valence-electron chi connectivity index (χ4n) is 3.87. The van der Waals surface area contributed by atoms with E-state index < -0.39 is 5.91 Å². The predicted octanol–water partition coefficient (Wildman–Crippen LogP) is 4.14. The number of thiophene rings is 1.